The van der Waals surface area contributed by atoms with Crippen molar-refractivity contribution >= 4 is 23.8 Å². The summed E-state index contributed by atoms with van der Waals surface area (Å²) in [6.45, 7) is 12.1. The second kappa shape index (κ2) is 23.2. The highest BCUT2D eigenvalue weighted by Crippen LogP contribution is 2.26. The fourth-order valence-electron chi connectivity index (χ4n) is 6.18. The van der Waals surface area contributed by atoms with E-state index in [1.54, 1.807) is 11.0 Å². The number of halogens is 10. The SMILES string of the molecule is C[C@H]1CN(Cc2cccc(-c3cc(CNC(=O)c4cccc(C[NH+]5CCC[N+](C)(C)CC5)c4)ccc3F)c2)CCN1.O=C(O)C(F)(F)F.O=C(O)C(F)(F)F.O=C(O)C(F)(F)F. The zero-order valence-electron chi connectivity index (χ0n) is 33.9. The van der Waals surface area contributed by atoms with E-state index in [0.717, 1.165) is 54.9 Å². The van der Waals surface area contributed by atoms with Gasteiger partial charge in [0.2, 0.25) is 0 Å². The number of hydrogen-bond donors (Lipinski definition) is 6. The predicted octanol–water partition coefficient (Wildman–Crippen LogP) is 4.98. The van der Waals surface area contributed by atoms with Crippen LogP contribution < -0.4 is 15.5 Å². The molecule has 22 heteroatoms. The number of benzene rings is 3. The minimum absolute atomic E-state index is 0.103. The van der Waals surface area contributed by atoms with Crippen molar-refractivity contribution in [1.82, 2.24) is 15.5 Å². The minimum atomic E-state index is -5.08. The number of nitrogens with zero attached hydrogens (tertiary/aromatic N) is 2. The smallest absolute Gasteiger partial charge is 0.475 e. The summed E-state index contributed by atoms with van der Waals surface area (Å²) in [5, 5.41) is 27.9. The molecule has 0 aromatic heterocycles. The summed E-state index contributed by atoms with van der Waals surface area (Å²) in [7, 11) is 4.62. The molecule has 344 valence electrons. The van der Waals surface area contributed by atoms with Crippen molar-refractivity contribution < 1.29 is 87.8 Å². The maximum absolute atomic E-state index is 15.0. The molecule has 62 heavy (non-hydrogen) atoms. The average Bonchev–Trinajstić information content (AvgIpc) is 3.33. The van der Waals surface area contributed by atoms with Gasteiger partial charge < -0.3 is 35.3 Å². The van der Waals surface area contributed by atoms with Crippen molar-refractivity contribution in [1.29, 1.82) is 0 Å². The number of quaternary nitrogens is 2. The van der Waals surface area contributed by atoms with E-state index in [1.165, 1.54) is 43.2 Å². The van der Waals surface area contributed by atoms with Crippen LogP contribution in [0.1, 0.15) is 40.4 Å². The van der Waals surface area contributed by atoms with E-state index in [4.69, 9.17) is 29.7 Å². The Morgan fingerprint density at radius 3 is 1.90 bits per heavy atom. The van der Waals surface area contributed by atoms with Crippen molar-refractivity contribution in [2.45, 2.75) is 57.5 Å². The van der Waals surface area contributed by atoms with Gasteiger partial charge in [0.15, 0.2) is 0 Å². The number of hydrogen-bond acceptors (Lipinski definition) is 6. The van der Waals surface area contributed by atoms with Gasteiger partial charge in [-0.2, -0.15) is 39.5 Å². The molecule has 3 aromatic carbocycles. The summed E-state index contributed by atoms with van der Waals surface area (Å²) in [6.07, 6.45) is -14.0. The molecule has 1 amide bonds. The zero-order chi connectivity index (χ0) is 47.1. The minimum Gasteiger partial charge on any atom is -0.475 e. The second-order valence-electron chi connectivity index (χ2n) is 15.1. The molecule has 0 radical (unpaired) electrons. The first-order valence-corrected chi connectivity index (χ1v) is 18.8. The second-order valence-corrected chi connectivity index (χ2v) is 15.1. The Morgan fingerprint density at radius 2 is 1.34 bits per heavy atom. The number of rotatable bonds is 8. The van der Waals surface area contributed by atoms with Crippen LogP contribution in [-0.4, -0.2) is 133 Å². The number of alkyl halides is 9. The molecule has 2 aliphatic heterocycles. The first-order chi connectivity index (χ1) is 28.6. The fourth-order valence-corrected chi connectivity index (χ4v) is 6.18. The van der Waals surface area contributed by atoms with Gasteiger partial charge in [0, 0.05) is 61.9 Å². The number of carboxylic acids is 3. The highest BCUT2D eigenvalue weighted by molar-refractivity contribution is 5.94. The molecule has 2 fully saturated rings. The quantitative estimate of drug-likeness (QED) is 0.136. The molecule has 1 unspecified atom stereocenters. The Balaban J connectivity index is 0.000000519. The summed E-state index contributed by atoms with van der Waals surface area (Å²) in [5.74, 6) is -8.62. The van der Waals surface area contributed by atoms with Crippen molar-refractivity contribution in [3.05, 3.63) is 94.8 Å². The van der Waals surface area contributed by atoms with Gasteiger partial charge in [0.05, 0.1) is 27.2 Å². The Labute approximate surface area is 350 Å². The van der Waals surface area contributed by atoms with Crippen molar-refractivity contribution in [3.63, 3.8) is 0 Å². The molecular formula is C40H49F10N5O7+2. The molecule has 0 saturated carbocycles. The molecule has 0 aliphatic carbocycles. The highest BCUT2D eigenvalue weighted by atomic mass is 19.4. The number of nitrogens with one attached hydrogen (secondary N) is 3. The van der Waals surface area contributed by atoms with E-state index < -0.39 is 36.4 Å². The lowest BCUT2D eigenvalue weighted by Gasteiger charge is -2.31. The van der Waals surface area contributed by atoms with Crippen LogP contribution in [0.4, 0.5) is 43.9 Å². The van der Waals surface area contributed by atoms with Gasteiger partial charge in [-0.05, 0) is 53.9 Å². The first kappa shape index (κ1) is 52.8. The standard InChI is InChI=1S/C34H44FN5O.3C2HF3O2/c1-26-23-39(15-13-36-26)25-28-7-4-9-30(19-28)32-21-27(11-12-33(32)35)22-37-34(41)31-10-5-8-29(20-31)24-38-14-6-17-40(2,3)18-16-38;3*3-2(4,5)1(6)7/h4-5,7-12,19-21,26,36H,6,13-18,22-25H2,1-3H3;3*(H,6,7)/p+2/t26-;;;/m0.../s1. The van der Waals surface area contributed by atoms with Crippen molar-refractivity contribution in [2.75, 3.05) is 59.9 Å². The number of carbonyl (C=O) groups excluding carboxylic acids is 1. The molecule has 2 atom stereocenters. The number of aliphatic carboxylic acids is 3. The Kier molecular flexibility index (Phi) is 19.8. The molecule has 2 saturated heterocycles. The molecule has 0 bridgehead atoms. The van der Waals surface area contributed by atoms with Gasteiger partial charge in [0.1, 0.15) is 25.5 Å². The van der Waals surface area contributed by atoms with E-state index in [-0.39, 0.29) is 11.7 Å². The van der Waals surface area contributed by atoms with E-state index >= 15 is 0 Å². The van der Waals surface area contributed by atoms with E-state index in [1.807, 2.05) is 36.4 Å². The molecule has 6 N–H and O–H groups in total. The number of likely N-dealkylation sites (N-methyl/N-ethyl adjacent to an activating group) is 1. The average molecular weight is 902 g/mol. The molecule has 12 nitrogen and oxygen atoms in total. The van der Waals surface area contributed by atoms with Gasteiger partial charge in [-0.3, -0.25) is 9.69 Å². The molecule has 2 aliphatic rings. The van der Waals surface area contributed by atoms with Gasteiger partial charge in [-0.25, -0.2) is 18.8 Å². The fraction of sp³-hybridized carbons (Fsp3) is 0.450. The first-order valence-electron chi connectivity index (χ1n) is 18.8. The highest BCUT2D eigenvalue weighted by Gasteiger charge is 2.39. The molecule has 2 heterocycles. The van der Waals surface area contributed by atoms with Crippen LogP contribution in [0.3, 0.4) is 0 Å². The lowest BCUT2D eigenvalue weighted by molar-refractivity contribution is -0.941. The number of amides is 1. The maximum Gasteiger partial charge on any atom is 0.490 e. The third-order valence-corrected chi connectivity index (χ3v) is 9.32. The van der Waals surface area contributed by atoms with Crippen LogP contribution in [0.25, 0.3) is 11.1 Å². The summed E-state index contributed by atoms with van der Waals surface area (Å²) < 4.78 is 111. The number of carbonyl (C=O) groups is 4. The van der Waals surface area contributed by atoms with E-state index in [2.05, 4.69) is 54.8 Å². The monoisotopic (exact) mass is 901 g/mol. The lowest BCUT2D eigenvalue weighted by atomic mass is 10.00. The summed E-state index contributed by atoms with van der Waals surface area (Å²) in [4.78, 5) is 43.8. The third-order valence-electron chi connectivity index (χ3n) is 9.32. The van der Waals surface area contributed by atoms with Crippen LogP contribution >= 0.6 is 0 Å². The predicted molar refractivity (Wildman–Crippen MR) is 204 cm³/mol. The maximum atomic E-state index is 15.0. The number of carboxylic acid groups (broad SMARTS) is 3. The van der Waals surface area contributed by atoms with Gasteiger partial charge in [0.25, 0.3) is 5.91 Å². The zero-order valence-corrected chi connectivity index (χ0v) is 33.9. The van der Waals surface area contributed by atoms with Crippen molar-refractivity contribution in [2.24, 2.45) is 0 Å². The largest absolute Gasteiger partial charge is 0.490 e. The summed E-state index contributed by atoms with van der Waals surface area (Å²) >= 11 is 0. The van der Waals surface area contributed by atoms with E-state index in [9.17, 15) is 48.7 Å². The van der Waals surface area contributed by atoms with Crippen LogP contribution in [-0.2, 0) is 34.0 Å². The summed E-state index contributed by atoms with van der Waals surface area (Å²) in [5.41, 5.74) is 5.35. The molecule has 3 aromatic rings. The number of piperazine rings is 1. The molecule has 5 rings (SSSR count). The topological polar surface area (TPSA) is 161 Å². The Hall–Kier alpha value is -5.32. The van der Waals surface area contributed by atoms with Crippen LogP contribution in [0.2, 0.25) is 0 Å². The molecular weight excluding hydrogens is 852 g/mol. The van der Waals surface area contributed by atoms with Crippen LogP contribution in [0.5, 0.6) is 0 Å². The van der Waals surface area contributed by atoms with Gasteiger partial charge in [-0.1, -0.05) is 36.4 Å². The lowest BCUT2D eigenvalue weighted by Crippen LogP contribution is -3.11. The summed E-state index contributed by atoms with van der Waals surface area (Å²) in [6, 6.07) is 21.8. The van der Waals surface area contributed by atoms with E-state index in [0.29, 0.717) is 23.7 Å². The van der Waals surface area contributed by atoms with Crippen LogP contribution in [0.15, 0.2) is 66.7 Å². The van der Waals surface area contributed by atoms with Crippen LogP contribution in [0, 0.1) is 5.82 Å². The third kappa shape index (κ3) is 19.6. The van der Waals surface area contributed by atoms with Gasteiger partial charge >= 0.3 is 36.4 Å². The normalized spacial score (nSPS) is 17.9. The Morgan fingerprint density at radius 1 is 0.774 bits per heavy atom. The Bertz CT molecular complexity index is 1900. The van der Waals surface area contributed by atoms with Crippen molar-refractivity contribution in [3.8, 4) is 11.1 Å². The molecule has 0 spiro atoms. The van der Waals surface area contributed by atoms with Gasteiger partial charge in [-0.15, -0.1) is 0 Å².